The predicted molar refractivity (Wildman–Crippen MR) is 79.2 cm³/mol. The van der Waals surface area contributed by atoms with Crippen molar-refractivity contribution in [2.45, 2.75) is 37.5 Å². The molecule has 0 spiro atoms. The molecule has 0 aromatic heterocycles. The van der Waals surface area contributed by atoms with Gasteiger partial charge in [-0.3, -0.25) is 4.90 Å². The smallest absolute Gasteiger partial charge is 0.327 e. The molecule has 6 nitrogen and oxygen atoms in total. The van der Waals surface area contributed by atoms with Gasteiger partial charge in [0, 0.05) is 33.9 Å². The SMILES string of the molecule is CCNC(CN1CC(OC)C(OC)C1)(C(=O)OC)C1CC1. The topological polar surface area (TPSA) is 60.0 Å². The molecule has 1 saturated heterocycles. The van der Waals surface area contributed by atoms with E-state index in [1.165, 1.54) is 7.11 Å². The fraction of sp³-hybridized carbons (Fsp3) is 0.933. The summed E-state index contributed by atoms with van der Waals surface area (Å²) in [6.07, 6.45) is 2.28. The first-order chi connectivity index (χ1) is 10.1. The van der Waals surface area contributed by atoms with E-state index in [-0.39, 0.29) is 18.2 Å². The number of esters is 1. The number of methoxy groups -OCH3 is 3. The van der Waals surface area contributed by atoms with Crippen molar-refractivity contribution in [2.24, 2.45) is 5.92 Å². The van der Waals surface area contributed by atoms with E-state index in [0.717, 1.165) is 32.5 Å². The van der Waals surface area contributed by atoms with E-state index in [9.17, 15) is 4.79 Å². The normalized spacial score (nSPS) is 29.3. The van der Waals surface area contributed by atoms with Crippen LogP contribution in [0.3, 0.4) is 0 Å². The van der Waals surface area contributed by atoms with Crippen molar-refractivity contribution in [3.63, 3.8) is 0 Å². The average Bonchev–Trinajstić information content (AvgIpc) is 3.27. The van der Waals surface area contributed by atoms with Crippen molar-refractivity contribution >= 4 is 5.97 Å². The zero-order valence-corrected chi connectivity index (χ0v) is 13.6. The van der Waals surface area contributed by atoms with Gasteiger partial charge in [-0.1, -0.05) is 6.92 Å². The highest BCUT2D eigenvalue weighted by molar-refractivity contribution is 5.82. The Labute approximate surface area is 127 Å². The lowest BCUT2D eigenvalue weighted by Gasteiger charge is -2.35. The van der Waals surface area contributed by atoms with E-state index in [4.69, 9.17) is 14.2 Å². The lowest BCUT2D eigenvalue weighted by molar-refractivity contribution is -0.150. The summed E-state index contributed by atoms with van der Waals surface area (Å²) < 4.78 is 16.1. The minimum absolute atomic E-state index is 0.0613. The van der Waals surface area contributed by atoms with Gasteiger partial charge in [-0.2, -0.15) is 0 Å². The van der Waals surface area contributed by atoms with E-state index in [1.807, 2.05) is 6.92 Å². The van der Waals surface area contributed by atoms with E-state index in [2.05, 4.69) is 10.2 Å². The molecule has 3 unspecified atom stereocenters. The maximum atomic E-state index is 12.4. The lowest BCUT2D eigenvalue weighted by atomic mass is 9.92. The van der Waals surface area contributed by atoms with Crippen molar-refractivity contribution in [1.82, 2.24) is 10.2 Å². The molecule has 0 aromatic rings. The number of carbonyl (C=O) groups excluding carboxylic acids is 1. The van der Waals surface area contributed by atoms with Gasteiger partial charge in [0.05, 0.1) is 19.3 Å². The van der Waals surface area contributed by atoms with Crippen molar-refractivity contribution < 1.29 is 19.0 Å². The monoisotopic (exact) mass is 300 g/mol. The van der Waals surface area contributed by atoms with Crippen molar-refractivity contribution in [1.29, 1.82) is 0 Å². The molecular formula is C15H28N2O4. The van der Waals surface area contributed by atoms with E-state index >= 15 is 0 Å². The highest BCUT2D eigenvalue weighted by Crippen LogP contribution is 2.41. The fourth-order valence-corrected chi connectivity index (χ4v) is 3.46. The Morgan fingerprint density at radius 3 is 2.14 bits per heavy atom. The standard InChI is InChI=1S/C15H28N2O4/c1-5-16-15(11-6-7-11,14(18)21-4)10-17-8-12(19-2)13(9-17)20-3/h11-13,16H,5-10H2,1-4H3. The van der Waals surface area contributed by atoms with E-state index in [0.29, 0.717) is 12.5 Å². The van der Waals surface area contributed by atoms with Crippen LogP contribution in [0.4, 0.5) is 0 Å². The molecule has 2 fully saturated rings. The van der Waals surface area contributed by atoms with Crippen LogP contribution < -0.4 is 5.32 Å². The Morgan fingerprint density at radius 2 is 1.76 bits per heavy atom. The first kappa shape index (κ1) is 16.7. The first-order valence-corrected chi connectivity index (χ1v) is 7.72. The number of ether oxygens (including phenoxy) is 3. The summed E-state index contributed by atoms with van der Waals surface area (Å²) in [4.78, 5) is 14.7. The lowest BCUT2D eigenvalue weighted by Crippen LogP contribution is -2.61. The molecule has 2 aliphatic rings. The Morgan fingerprint density at radius 1 is 1.19 bits per heavy atom. The van der Waals surface area contributed by atoms with Crippen LogP contribution in [-0.2, 0) is 19.0 Å². The number of hydrogen-bond donors (Lipinski definition) is 1. The molecule has 0 amide bonds. The molecule has 6 heteroatoms. The third-order valence-electron chi connectivity index (χ3n) is 4.69. The number of rotatable bonds is 8. The van der Waals surface area contributed by atoms with Gasteiger partial charge in [-0.25, -0.2) is 4.79 Å². The summed E-state index contributed by atoms with van der Waals surface area (Å²) >= 11 is 0. The van der Waals surface area contributed by atoms with Crippen molar-refractivity contribution in [3.05, 3.63) is 0 Å². The number of likely N-dealkylation sites (tertiary alicyclic amines) is 1. The summed E-state index contributed by atoms with van der Waals surface area (Å²) in [5.74, 6) is 0.217. The quantitative estimate of drug-likeness (QED) is 0.649. The van der Waals surface area contributed by atoms with Crippen LogP contribution in [0.2, 0.25) is 0 Å². The first-order valence-electron chi connectivity index (χ1n) is 7.72. The molecule has 1 saturated carbocycles. The maximum absolute atomic E-state index is 12.4. The van der Waals surface area contributed by atoms with Crippen LogP contribution >= 0.6 is 0 Å². The zero-order valence-electron chi connectivity index (χ0n) is 13.6. The van der Waals surface area contributed by atoms with Crippen molar-refractivity contribution in [2.75, 3.05) is 47.5 Å². The highest BCUT2D eigenvalue weighted by Gasteiger charge is 2.53. The highest BCUT2D eigenvalue weighted by atomic mass is 16.5. The minimum atomic E-state index is -0.593. The Bertz CT molecular complexity index is 350. The third-order valence-corrected chi connectivity index (χ3v) is 4.69. The largest absolute Gasteiger partial charge is 0.468 e. The Kier molecular flexibility index (Phi) is 5.60. The Hall–Kier alpha value is -0.690. The predicted octanol–water partition coefficient (Wildman–Crippen LogP) is 0.263. The van der Waals surface area contributed by atoms with Crippen molar-refractivity contribution in [3.8, 4) is 0 Å². The number of nitrogens with zero attached hydrogens (tertiary/aromatic N) is 1. The van der Waals surface area contributed by atoms with Gasteiger partial charge < -0.3 is 19.5 Å². The van der Waals surface area contributed by atoms with Gasteiger partial charge in [-0.05, 0) is 25.3 Å². The molecule has 1 aliphatic heterocycles. The van der Waals surface area contributed by atoms with Crippen LogP contribution in [0.1, 0.15) is 19.8 Å². The second-order valence-corrected chi connectivity index (χ2v) is 6.01. The summed E-state index contributed by atoms with van der Waals surface area (Å²) in [6.45, 7) is 5.00. The number of carbonyl (C=O) groups is 1. The van der Waals surface area contributed by atoms with Crippen LogP contribution in [-0.4, -0.2) is 76.1 Å². The minimum Gasteiger partial charge on any atom is -0.468 e. The maximum Gasteiger partial charge on any atom is 0.327 e. The van der Waals surface area contributed by atoms with Gasteiger partial charge in [0.15, 0.2) is 0 Å². The summed E-state index contributed by atoms with van der Waals surface area (Å²) in [6, 6.07) is 0. The fourth-order valence-electron chi connectivity index (χ4n) is 3.46. The second-order valence-electron chi connectivity index (χ2n) is 6.01. The third kappa shape index (κ3) is 3.39. The van der Waals surface area contributed by atoms with E-state index < -0.39 is 5.54 Å². The van der Waals surface area contributed by atoms with Crippen LogP contribution in [0.5, 0.6) is 0 Å². The average molecular weight is 300 g/mol. The number of likely N-dealkylation sites (N-methyl/N-ethyl adjacent to an activating group) is 1. The van der Waals surface area contributed by atoms with Crippen LogP contribution in [0, 0.1) is 5.92 Å². The molecule has 0 aromatic carbocycles. The van der Waals surface area contributed by atoms with Gasteiger partial charge in [0.25, 0.3) is 0 Å². The molecule has 122 valence electrons. The van der Waals surface area contributed by atoms with Gasteiger partial charge in [0.2, 0.25) is 0 Å². The molecule has 0 bridgehead atoms. The molecule has 3 atom stereocenters. The molecule has 2 rings (SSSR count). The van der Waals surface area contributed by atoms with E-state index in [1.54, 1.807) is 14.2 Å². The zero-order chi connectivity index (χ0) is 15.5. The molecular weight excluding hydrogens is 272 g/mol. The molecule has 0 radical (unpaired) electrons. The molecule has 1 heterocycles. The van der Waals surface area contributed by atoms with Crippen LogP contribution in [0.25, 0.3) is 0 Å². The Balaban J connectivity index is 2.10. The number of hydrogen-bond acceptors (Lipinski definition) is 6. The summed E-state index contributed by atoms with van der Waals surface area (Å²) in [5.41, 5.74) is -0.593. The summed E-state index contributed by atoms with van der Waals surface area (Å²) in [5, 5.41) is 3.40. The van der Waals surface area contributed by atoms with Crippen LogP contribution in [0.15, 0.2) is 0 Å². The summed E-state index contributed by atoms with van der Waals surface area (Å²) in [7, 11) is 4.88. The molecule has 1 N–H and O–H groups in total. The van der Waals surface area contributed by atoms with Gasteiger partial charge >= 0.3 is 5.97 Å². The second kappa shape index (κ2) is 7.05. The van der Waals surface area contributed by atoms with Gasteiger partial charge in [-0.15, -0.1) is 0 Å². The number of nitrogens with one attached hydrogen (secondary N) is 1. The molecule has 1 aliphatic carbocycles. The molecule has 21 heavy (non-hydrogen) atoms. The van der Waals surface area contributed by atoms with Gasteiger partial charge in [0.1, 0.15) is 5.54 Å².